The Bertz CT molecular complexity index is 1020. The van der Waals surface area contributed by atoms with E-state index in [-0.39, 0.29) is 5.69 Å². The molecule has 1 aromatic heterocycles. The van der Waals surface area contributed by atoms with Crippen LogP contribution in [0.15, 0.2) is 97.3 Å². The minimum atomic E-state index is -1.09. The predicted octanol–water partition coefficient (Wildman–Crippen LogP) is 5.31. The number of rotatable bonds is 5. The highest BCUT2D eigenvalue weighted by atomic mass is 16.4. The maximum absolute atomic E-state index is 10.9. The second-order valence-corrected chi connectivity index (χ2v) is 6.15. The van der Waals surface area contributed by atoms with Crippen LogP contribution in [0.2, 0.25) is 0 Å². The van der Waals surface area contributed by atoms with Gasteiger partial charge in [0.2, 0.25) is 0 Å². The summed E-state index contributed by atoms with van der Waals surface area (Å²) in [5.41, 5.74) is 4.56. The van der Waals surface area contributed by atoms with Crippen molar-refractivity contribution in [3.05, 3.63) is 103 Å². The topological polar surface area (TPSA) is 66.3 Å². The molecule has 136 valence electrons. The molecule has 4 aromatic rings. The lowest BCUT2D eigenvalue weighted by Crippen LogP contribution is -2.09. The van der Waals surface area contributed by atoms with Gasteiger partial charge in [-0.3, -0.25) is 4.98 Å². The first-order chi connectivity index (χ1) is 13.7. The molecule has 0 fully saturated rings. The molecule has 4 rings (SSSR count). The predicted molar refractivity (Wildman–Crippen MR) is 109 cm³/mol. The number of carboxylic acid groups (broad SMARTS) is 1. The number of para-hydroxylation sites is 2. The molecular weight excluding hydrogens is 350 g/mol. The fourth-order valence-corrected chi connectivity index (χ4v) is 2.97. The second-order valence-electron chi connectivity index (χ2n) is 6.15. The molecule has 0 aliphatic heterocycles. The number of anilines is 3. The van der Waals surface area contributed by atoms with Crippen LogP contribution >= 0.6 is 0 Å². The molecule has 0 spiro atoms. The number of carboxylic acids is 1. The van der Waals surface area contributed by atoms with Crippen LogP contribution in [0.1, 0.15) is 10.5 Å². The quantitative estimate of drug-likeness (QED) is 0.518. The Morgan fingerprint density at radius 3 is 1.68 bits per heavy atom. The van der Waals surface area contributed by atoms with Gasteiger partial charge >= 0.3 is 5.97 Å². The largest absolute Gasteiger partial charge is 0.476 e. The summed E-state index contributed by atoms with van der Waals surface area (Å²) in [6, 6.07) is 28.3. The van der Waals surface area contributed by atoms with E-state index in [1.165, 1.54) is 12.4 Å². The smallest absolute Gasteiger partial charge is 0.356 e. The Morgan fingerprint density at radius 2 is 1.21 bits per heavy atom. The van der Waals surface area contributed by atoms with Gasteiger partial charge in [-0.2, -0.15) is 0 Å². The zero-order valence-corrected chi connectivity index (χ0v) is 14.9. The van der Waals surface area contributed by atoms with Crippen LogP contribution in [0.4, 0.5) is 17.1 Å². The second kappa shape index (κ2) is 7.72. The molecule has 28 heavy (non-hydrogen) atoms. The molecule has 0 radical (unpaired) electrons. The summed E-state index contributed by atoms with van der Waals surface area (Å²) in [4.78, 5) is 21.2. The summed E-state index contributed by atoms with van der Waals surface area (Å²) in [5, 5.41) is 8.95. The Balaban J connectivity index is 1.69. The Hall–Kier alpha value is -3.99. The molecule has 0 saturated carbocycles. The fourth-order valence-electron chi connectivity index (χ4n) is 2.97. The van der Waals surface area contributed by atoms with Gasteiger partial charge < -0.3 is 10.0 Å². The molecule has 5 heteroatoms. The van der Waals surface area contributed by atoms with E-state index < -0.39 is 5.97 Å². The summed E-state index contributed by atoms with van der Waals surface area (Å²) >= 11 is 0. The Labute approximate surface area is 162 Å². The summed E-state index contributed by atoms with van der Waals surface area (Å²) < 4.78 is 0. The molecule has 0 unspecified atom stereocenters. The lowest BCUT2D eigenvalue weighted by Gasteiger charge is -2.25. The first-order valence-corrected chi connectivity index (χ1v) is 8.78. The molecule has 0 aliphatic rings. The monoisotopic (exact) mass is 367 g/mol. The summed E-state index contributed by atoms with van der Waals surface area (Å²) in [6.45, 7) is 0. The van der Waals surface area contributed by atoms with Gasteiger partial charge in [0, 0.05) is 22.6 Å². The zero-order valence-electron chi connectivity index (χ0n) is 14.9. The average Bonchev–Trinajstić information content (AvgIpc) is 2.76. The van der Waals surface area contributed by atoms with Crippen LogP contribution in [0.25, 0.3) is 11.3 Å². The van der Waals surface area contributed by atoms with Crippen molar-refractivity contribution >= 4 is 23.0 Å². The van der Waals surface area contributed by atoms with Gasteiger partial charge in [0.25, 0.3) is 0 Å². The molecule has 3 aromatic carbocycles. The number of aromatic carboxylic acids is 1. The Kier molecular flexibility index (Phi) is 4.80. The highest BCUT2D eigenvalue weighted by molar-refractivity contribution is 5.85. The molecule has 0 aliphatic carbocycles. The van der Waals surface area contributed by atoms with E-state index in [0.717, 1.165) is 22.6 Å². The highest BCUT2D eigenvalue weighted by Gasteiger charge is 2.12. The molecule has 0 amide bonds. The maximum atomic E-state index is 10.9. The van der Waals surface area contributed by atoms with Crippen LogP contribution in [0.3, 0.4) is 0 Å². The van der Waals surface area contributed by atoms with E-state index >= 15 is 0 Å². The van der Waals surface area contributed by atoms with Gasteiger partial charge in [0.05, 0.1) is 18.1 Å². The van der Waals surface area contributed by atoms with Gasteiger partial charge in [-0.15, -0.1) is 0 Å². The number of carbonyl (C=O) groups is 1. The van der Waals surface area contributed by atoms with Crippen LogP contribution in [-0.4, -0.2) is 21.0 Å². The van der Waals surface area contributed by atoms with E-state index in [9.17, 15) is 4.79 Å². The first kappa shape index (κ1) is 17.4. The SMILES string of the molecule is O=C(O)c1cnc(-c2ccc(N(c3ccccc3)c3ccccc3)cc2)cn1. The van der Waals surface area contributed by atoms with Crippen molar-refractivity contribution in [3.8, 4) is 11.3 Å². The van der Waals surface area contributed by atoms with Gasteiger partial charge in [0.1, 0.15) is 0 Å². The van der Waals surface area contributed by atoms with Crippen LogP contribution in [-0.2, 0) is 0 Å². The third-order valence-electron chi connectivity index (χ3n) is 4.32. The summed E-state index contributed by atoms with van der Waals surface area (Å²) in [5.74, 6) is -1.09. The number of hydrogen-bond acceptors (Lipinski definition) is 4. The molecule has 5 nitrogen and oxygen atoms in total. The van der Waals surface area contributed by atoms with Crippen molar-refractivity contribution in [3.63, 3.8) is 0 Å². The summed E-state index contributed by atoms with van der Waals surface area (Å²) in [7, 11) is 0. The van der Waals surface area contributed by atoms with Crippen molar-refractivity contribution in [1.82, 2.24) is 9.97 Å². The Morgan fingerprint density at radius 1 is 0.679 bits per heavy atom. The van der Waals surface area contributed by atoms with Gasteiger partial charge in [0.15, 0.2) is 5.69 Å². The fraction of sp³-hybridized carbons (Fsp3) is 0. The third-order valence-corrected chi connectivity index (χ3v) is 4.32. The van der Waals surface area contributed by atoms with E-state index in [1.807, 2.05) is 60.7 Å². The molecule has 1 heterocycles. The van der Waals surface area contributed by atoms with Crippen molar-refractivity contribution in [2.75, 3.05) is 4.90 Å². The number of aromatic nitrogens is 2. The van der Waals surface area contributed by atoms with Crippen LogP contribution in [0, 0.1) is 0 Å². The van der Waals surface area contributed by atoms with Crippen LogP contribution in [0.5, 0.6) is 0 Å². The summed E-state index contributed by atoms with van der Waals surface area (Å²) in [6.07, 6.45) is 2.75. The molecule has 1 N–H and O–H groups in total. The van der Waals surface area contributed by atoms with Crippen molar-refractivity contribution < 1.29 is 9.90 Å². The normalized spacial score (nSPS) is 10.4. The van der Waals surface area contributed by atoms with E-state index in [1.54, 1.807) is 0 Å². The van der Waals surface area contributed by atoms with E-state index in [0.29, 0.717) is 5.69 Å². The lowest BCUT2D eigenvalue weighted by atomic mass is 10.1. The molecule has 0 bridgehead atoms. The molecule has 0 atom stereocenters. The lowest BCUT2D eigenvalue weighted by molar-refractivity contribution is 0.0690. The first-order valence-electron chi connectivity index (χ1n) is 8.78. The minimum absolute atomic E-state index is 0.0697. The maximum Gasteiger partial charge on any atom is 0.356 e. The number of benzene rings is 3. The van der Waals surface area contributed by atoms with Crippen molar-refractivity contribution in [2.24, 2.45) is 0 Å². The van der Waals surface area contributed by atoms with Gasteiger partial charge in [-0.25, -0.2) is 9.78 Å². The number of nitrogens with zero attached hydrogens (tertiary/aromatic N) is 3. The molecule has 0 saturated heterocycles. The van der Waals surface area contributed by atoms with Gasteiger partial charge in [-0.1, -0.05) is 48.5 Å². The zero-order chi connectivity index (χ0) is 19.3. The average molecular weight is 367 g/mol. The molecular formula is C23H17N3O2. The standard InChI is InChI=1S/C23H17N3O2/c27-23(28)22-16-24-21(15-25-22)17-11-13-20(14-12-17)26(18-7-3-1-4-8-18)19-9-5-2-6-10-19/h1-16H,(H,27,28). The van der Waals surface area contributed by atoms with Crippen molar-refractivity contribution in [1.29, 1.82) is 0 Å². The van der Waals surface area contributed by atoms with Gasteiger partial charge in [-0.05, 0) is 36.4 Å². The van der Waals surface area contributed by atoms with Crippen LogP contribution < -0.4 is 4.90 Å². The number of hydrogen-bond donors (Lipinski definition) is 1. The minimum Gasteiger partial charge on any atom is -0.476 e. The van der Waals surface area contributed by atoms with Crippen molar-refractivity contribution in [2.45, 2.75) is 0 Å². The highest BCUT2D eigenvalue weighted by Crippen LogP contribution is 2.34. The van der Waals surface area contributed by atoms with E-state index in [2.05, 4.69) is 39.1 Å². The van der Waals surface area contributed by atoms with E-state index in [4.69, 9.17) is 5.11 Å². The third kappa shape index (κ3) is 3.59.